The van der Waals surface area contributed by atoms with Gasteiger partial charge in [-0.2, -0.15) is 9.57 Å². The van der Waals surface area contributed by atoms with Crippen molar-refractivity contribution in [3.8, 4) is 6.07 Å². The average molecular weight is 296 g/mol. The largest absolute Gasteiger partial charge is 0.465 e. The highest BCUT2D eigenvalue weighted by molar-refractivity contribution is 7.88. The van der Waals surface area contributed by atoms with E-state index in [-0.39, 0.29) is 18.9 Å². The van der Waals surface area contributed by atoms with E-state index in [1.54, 1.807) is 31.2 Å². The van der Waals surface area contributed by atoms with Crippen LogP contribution >= 0.6 is 0 Å². The first-order chi connectivity index (χ1) is 9.39. The highest BCUT2D eigenvalue weighted by Crippen LogP contribution is 2.10. The molecule has 0 saturated carbocycles. The fourth-order valence-corrected chi connectivity index (χ4v) is 2.62. The van der Waals surface area contributed by atoms with Crippen molar-refractivity contribution < 1.29 is 17.9 Å². The van der Waals surface area contributed by atoms with E-state index in [0.717, 1.165) is 4.31 Å². The Morgan fingerprint density at radius 2 is 1.95 bits per heavy atom. The van der Waals surface area contributed by atoms with Gasteiger partial charge in [-0.1, -0.05) is 12.1 Å². The third-order valence-electron chi connectivity index (χ3n) is 2.56. The van der Waals surface area contributed by atoms with Crippen molar-refractivity contribution in [3.63, 3.8) is 0 Å². The van der Waals surface area contributed by atoms with Gasteiger partial charge in [-0.3, -0.25) is 4.79 Å². The van der Waals surface area contributed by atoms with Crippen LogP contribution in [0.2, 0.25) is 0 Å². The van der Waals surface area contributed by atoms with Gasteiger partial charge in [0.15, 0.2) is 0 Å². The summed E-state index contributed by atoms with van der Waals surface area (Å²) < 4.78 is 29.8. The van der Waals surface area contributed by atoms with E-state index in [9.17, 15) is 13.2 Å². The maximum atomic E-state index is 12.0. The van der Waals surface area contributed by atoms with Crippen molar-refractivity contribution in [1.29, 1.82) is 5.26 Å². The van der Waals surface area contributed by atoms with E-state index in [0.29, 0.717) is 11.1 Å². The van der Waals surface area contributed by atoms with Crippen molar-refractivity contribution in [2.45, 2.75) is 12.7 Å². The lowest BCUT2D eigenvalue weighted by molar-refractivity contribution is -0.143. The molecular formula is C13H16N2O4S. The predicted octanol–water partition coefficient (Wildman–Crippen LogP) is 0.883. The molecule has 7 heteroatoms. The van der Waals surface area contributed by atoms with E-state index in [1.807, 2.05) is 6.07 Å². The van der Waals surface area contributed by atoms with Gasteiger partial charge in [0.1, 0.15) is 6.54 Å². The zero-order valence-electron chi connectivity index (χ0n) is 11.4. The van der Waals surface area contributed by atoms with Gasteiger partial charge in [0.2, 0.25) is 10.0 Å². The first-order valence-corrected chi connectivity index (χ1v) is 7.58. The molecule has 0 atom stereocenters. The molecule has 0 aliphatic rings. The van der Waals surface area contributed by atoms with E-state index >= 15 is 0 Å². The molecule has 0 bridgehead atoms. The second-order valence-electron chi connectivity index (χ2n) is 4.13. The molecule has 6 nitrogen and oxygen atoms in total. The number of hydrogen-bond donors (Lipinski definition) is 0. The Morgan fingerprint density at radius 3 is 2.45 bits per heavy atom. The van der Waals surface area contributed by atoms with Crippen LogP contribution in [0.4, 0.5) is 0 Å². The number of sulfonamides is 1. The zero-order valence-corrected chi connectivity index (χ0v) is 12.2. The standard InChI is InChI=1S/C13H16N2O4S/c1-3-19-13(16)9-15(2)20(17,18)10-12-6-4-11(8-14)5-7-12/h4-7H,3,9-10H2,1-2H3. The third-order valence-corrected chi connectivity index (χ3v) is 4.34. The van der Waals surface area contributed by atoms with E-state index in [1.165, 1.54) is 7.05 Å². The van der Waals surface area contributed by atoms with E-state index in [4.69, 9.17) is 10.00 Å². The summed E-state index contributed by atoms with van der Waals surface area (Å²) in [6.07, 6.45) is 0. The smallest absolute Gasteiger partial charge is 0.321 e. The molecule has 0 aliphatic heterocycles. The maximum absolute atomic E-state index is 12.0. The van der Waals surface area contributed by atoms with Gasteiger partial charge in [0.25, 0.3) is 0 Å². The Labute approximate surface area is 118 Å². The van der Waals surface area contributed by atoms with Crippen molar-refractivity contribution in [2.24, 2.45) is 0 Å². The zero-order chi connectivity index (χ0) is 15.2. The van der Waals surface area contributed by atoms with Crippen molar-refractivity contribution in [3.05, 3.63) is 35.4 Å². The molecule has 0 heterocycles. The minimum Gasteiger partial charge on any atom is -0.465 e. The highest BCUT2D eigenvalue weighted by Gasteiger charge is 2.21. The van der Waals surface area contributed by atoms with Crippen LogP contribution in [-0.2, 0) is 25.3 Å². The molecule has 0 aliphatic carbocycles. The molecule has 0 aromatic heterocycles. The van der Waals surface area contributed by atoms with Gasteiger partial charge < -0.3 is 4.74 Å². The van der Waals surface area contributed by atoms with Crippen molar-refractivity contribution in [1.82, 2.24) is 4.31 Å². The molecule has 1 aromatic carbocycles. The fourth-order valence-electron chi connectivity index (χ4n) is 1.48. The number of esters is 1. The molecule has 0 fully saturated rings. The number of hydrogen-bond acceptors (Lipinski definition) is 5. The number of likely N-dealkylation sites (N-methyl/N-ethyl adjacent to an activating group) is 1. The summed E-state index contributed by atoms with van der Waals surface area (Å²) in [5.74, 6) is -0.812. The summed E-state index contributed by atoms with van der Waals surface area (Å²) in [6.45, 7) is 1.55. The van der Waals surface area contributed by atoms with E-state index < -0.39 is 16.0 Å². The lowest BCUT2D eigenvalue weighted by atomic mass is 10.2. The Hall–Kier alpha value is -1.91. The molecule has 0 radical (unpaired) electrons. The van der Waals surface area contributed by atoms with Crippen LogP contribution in [0.5, 0.6) is 0 Å². The maximum Gasteiger partial charge on any atom is 0.321 e. The number of carbonyl (C=O) groups is 1. The van der Waals surface area contributed by atoms with Crippen LogP contribution in [0.3, 0.4) is 0 Å². The fraction of sp³-hybridized carbons (Fsp3) is 0.385. The molecule has 0 unspecified atom stereocenters. The Kier molecular flexibility index (Phi) is 5.67. The summed E-state index contributed by atoms with van der Waals surface area (Å²) in [5, 5.41) is 8.67. The second-order valence-corrected chi connectivity index (χ2v) is 6.20. The molecular weight excluding hydrogens is 280 g/mol. The molecule has 0 saturated heterocycles. The number of benzene rings is 1. The van der Waals surface area contributed by atoms with Crippen LogP contribution in [0, 0.1) is 11.3 Å². The van der Waals surface area contributed by atoms with Crippen molar-refractivity contribution >= 4 is 16.0 Å². The van der Waals surface area contributed by atoms with Gasteiger partial charge in [-0.15, -0.1) is 0 Å². The Balaban J connectivity index is 2.73. The van der Waals surface area contributed by atoms with Gasteiger partial charge in [-0.25, -0.2) is 8.42 Å². The SMILES string of the molecule is CCOC(=O)CN(C)S(=O)(=O)Cc1ccc(C#N)cc1. The summed E-state index contributed by atoms with van der Waals surface area (Å²) in [6, 6.07) is 8.22. The molecule has 0 N–H and O–H groups in total. The molecule has 0 spiro atoms. The van der Waals surface area contributed by atoms with Gasteiger partial charge in [0.05, 0.1) is 24.0 Å². The Bertz CT molecular complexity index is 602. The molecule has 0 amide bonds. The third kappa shape index (κ3) is 4.64. The predicted molar refractivity (Wildman–Crippen MR) is 73.0 cm³/mol. The van der Waals surface area contributed by atoms with Crippen LogP contribution in [-0.4, -0.2) is 38.9 Å². The minimum atomic E-state index is -3.60. The van der Waals surface area contributed by atoms with Gasteiger partial charge >= 0.3 is 5.97 Å². The number of ether oxygens (including phenoxy) is 1. The quantitative estimate of drug-likeness (QED) is 0.727. The first kappa shape index (κ1) is 16.1. The highest BCUT2D eigenvalue weighted by atomic mass is 32.2. The molecule has 108 valence electrons. The normalized spacial score (nSPS) is 11.1. The lowest BCUT2D eigenvalue weighted by Gasteiger charge is -2.16. The average Bonchev–Trinajstić information content (AvgIpc) is 2.39. The minimum absolute atomic E-state index is 0.211. The van der Waals surface area contributed by atoms with Crippen LogP contribution < -0.4 is 0 Å². The molecule has 1 rings (SSSR count). The van der Waals surface area contributed by atoms with Crippen LogP contribution in [0.25, 0.3) is 0 Å². The van der Waals surface area contributed by atoms with Gasteiger partial charge in [0, 0.05) is 7.05 Å². The molecule has 1 aromatic rings. The number of rotatable bonds is 6. The van der Waals surface area contributed by atoms with Crippen molar-refractivity contribution in [2.75, 3.05) is 20.2 Å². The summed E-state index contributed by atoms with van der Waals surface area (Å²) >= 11 is 0. The first-order valence-electron chi connectivity index (χ1n) is 5.97. The van der Waals surface area contributed by atoms with Crippen LogP contribution in [0.15, 0.2) is 24.3 Å². The van der Waals surface area contributed by atoms with Gasteiger partial charge in [-0.05, 0) is 24.6 Å². The Morgan fingerprint density at radius 1 is 1.35 bits per heavy atom. The summed E-state index contributed by atoms with van der Waals surface area (Å²) in [5.41, 5.74) is 1.02. The van der Waals surface area contributed by atoms with Crippen LogP contribution in [0.1, 0.15) is 18.1 Å². The lowest BCUT2D eigenvalue weighted by Crippen LogP contribution is -2.33. The summed E-state index contributed by atoms with van der Waals surface area (Å²) in [7, 11) is -2.27. The topological polar surface area (TPSA) is 87.5 Å². The number of nitriles is 1. The number of nitrogens with zero attached hydrogens (tertiary/aromatic N) is 2. The number of carbonyl (C=O) groups excluding carboxylic acids is 1. The van der Waals surface area contributed by atoms with E-state index in [2.05, 4.69) is 0 Å². The monoisotopic (exact) mass is 296 g/mol. The second kappa shape index (κ2) is 7.03. The summed E-state index contributed by atoms with van der Waals surface area (Å²) in [4.78, 5) is 11.3. The molecule has 20 heavy (non-hydrogen) atoms.